The van der Waals surface area contributed by atoms with Crippen LogP contribution in [0.2, 0.25) is 0 Å². The van der Waals surface area contributed by atoms with Gasteiger partial charge in [0, 0.05) is 8.07 Å². The molecule has 0 aliphatic heterocycles. The lowest BCUT2D eigenvalue weighted by Gasteiger charge is -2.23. The van der Waals surface area contributed by atoms with Crippen molar-refractivity contribution in [3.05, 3.63) is 58.2 Å². The van der Waals surface area contributed by atoms with Crippen LogP contribution in [0.4, 0.5) is 43.9 Å². The van der Waals surface area contributed by atoms with Gasteiger partial charge < -0.3 is 0 Å². The van der Waals surface area contributed by atoms with Crippen molar-refractivity contribution in [2.45, 2.75) is 19.8 Å². The third-order valence-corrected chi connectivity index (χ3v) is 5.84. The highest BCUT2D eigenvalue weighted by atomic mass is 31.1. The molecule has 0 fully saturated rings. The normalized spacial score (nSPS) is 11.6. The van der Waals surface area contributed by atoms with E-state index in [9.17, 15) is 43.9 Å². The van der Waals surface area contributed by atoms with Crippen molar-refractivity contribution in [1.29, 1.82) is 0 Å². The zero-order chi connectivity index (χ0) is 21.3. The Hall–Kier alpha value is -1.87. The first-order valence-corrected chi connectivity index (χ1v) is 8.96. The molecular formula is C16H10F10NP. The maximum absolute atomic E-state index is 14.1. The molecular weight excluding hydrogens is 427 g/mol. The summed E-state index contributed by atoms with van der Waals surface area (Å²) in [6.45, 7) is 1.38. The van der Waals surface area contributed by atoms with Crippen molar-refractivity contribution in [2.75, 3.05) is 6.54 Å². The van der Waals surface area contributed by atoms with E-state index in [1.807, 2.05) is 0 Å². The highest BCUT2D eigenvalue weighted by molar-refractivity contribution is 7.71. The Bertz CT molecular complexity index is 790. The molecule has 2 aromatic carbocycles. The predicted octanol–water partition coefficient (Wildman–Crippen LogP) is 4.82. The lowest BCUT2D eigenvalue weighted by molar-refractivity contribution is 0.382. The van der Waals surface area contributed by atoms with Crippen LogP contribution in [0.3, 0.4) is 0 Å². The Balaban J connectivity index is 2.84. The molecule has 0 radical (unpaired) electrons. The largest absolute Gasteiger partial charge is 0.288 e. The van der Waals surface area contributed by atoms with Gasteiger partial charge >= 0.3 is 0 Å². The minimum atomic E-state index is -3.38. The van der Waals surface area contributed by atoms with Gasteiger partial charge in [-0.15, -0.1) is 0 Å². The molecule has 0 aliphatic rings. The second-order valence-corrected chi connectivity index (χ2v) is 7.32. The number of hydrogen-bond donors (Lipinski definition) is 1. The predicted molar refractivity (Wildman–Crippen MR) is 81.6 cm³/mol. The van der Waals surface area contributed by atoms with E-state index in [1.165, 1.54) is 0 Å². The van der Waals surface area contributed by atoms with Crippen LogP contribution in [0.5, 0.6) is 0 Å². The number of unbranched alkanes of at least 4 members (excludes halogenated alkanes) is 1. The molecule has 0 aliphatic carbocycles. The Kier molecular flexibility index (Phi) is 6.93. The van der Waals surface area contributed by atoms with Crippen LogP contribution in [0.15, 0.2) is 0 Å². The molecule has 28 heavy (non-hydrogen) atoms. The second kappa shape index (κ2) is 8.65. The molecule has 0 heterocycles. The van der Waals surface area contributed by atoms with Gasteiger partial charge in [0.25, 0.3) is 0 Å². The van der Waals surface area contributed by atoms with Gasteiger partial charge in [0.2, 0.25) is 11.6 Å². The molecule has 0 unspecified atom stereocenters. The van der Waals surface area contributed by atoms with Gasteiger partial charge in [0.05, 0.1) is 10.6 Å². The molecule has 2 rings (SSSR count). The van der Waals surface area contributed by atoms with Crippen LogP contribution in [0.1, 0.15) is 19.8 Å². The molecule has 0 spiro atoms. The lowest BCUT2D eigenvalue weighted by atomic mass is 10.3. The zero-order valence-electron chi connectivity index (χ0n) is 13.8. The first-order valence-electron chi connectivity index (χ1n) is 7.62. The van der Waals surface area contributed by atoms with Gasteiger partial charge in [-0.25, -0.2) is 43.9 Å². The quantitative estimate of drug-likeness (QED) is 0.225. The first kappa shape index (κ1) is 22.4. The molecule has 2 aromatic rings. The average molecular weight is 437 g/mol. The summed E-state index contributed by atoms with van der Waals surface area (Å²) in [6.07, 6.45) is 0.647. The van der Waals surface area contributed by atoms with E-state index in [0.717, 1.165) is 0 Å². The number of hydrogen-bond acceptors (Lipinski definition) is 1. The summed E-state index contributed by atoms with van der Waals surface area (Å²) in [5, 5.41) is -1.25. The standard InChI is InChI=1S/C16H10F10NP/c1-2-3-4-27-28(15-11(23)7(19)5(17)8(20)12(15)24)16-13(25)9(21)6(18)10(22)14(16)26/h27H,2-4H2,1H3. The van der Waals surface area contributed by atoms with Crippen molar-refractivity contribution in [1.82, 2.24) is 5.09 Å². The van der Waals surface area contributed by atoms with E-state index in [2.05, 4.69) is 5.09 Å². The van der Waals surface area contributed by atoms with E-state index in [-0.39, 0.29) is 13.0 Å². The van der Waals surface area contributed by atoms with E-state index >= 15 is 0 Å². The summed E-state index contributed by atoms with van der Waals surface area (Å²) in [6, 6.07) is 0. The van der Waals surface area contributed by atoms with Crippen LogP contribution in [-0.4, -0.2) is 6.54 Å². The SMILES string of the molecule is CCCCNP(c1c(F)c(F)c(F)c(F)c1F)c1c(F)c(F)c(F)c(F)c1F. The van der Waals surface area contributed by atoms with Crippen LogP contribution in [0, 0.1) is 58.2 Å². The van der Waals surface area contributed by atoms with E-state index in [0.29, 0.717) is 6.42 Å². The van der Waals surface area contributed by atoms with Crippen molar-refractivity contribution in [2.24, 2.45) is 0 Å². The van der Waals surface area contributed by atoms with E-state index < -0.39 is 76.9 Å². The molecule has 0 saturated carbocycles. The molecule has 1 nitrogen and oxygen atoms in total. The highest BCUT2D eigenvalue weighted by Gasteiger charge is 2.37. The molecule has 0 amide bonds. The number of benzene rings is 2. The lowest BCUT2D eigenvalue weighted by Crippen LogP contribution is -2.34. The summed E-state index contributed by atoms with van der Waals surface area (Å²) in [5.74, 6) is -24.5. The number of rotatable bonds is 6. The summed E-state index contributed by atoms with van der Waals surface area (Å²) in [7, 11) is -3.38. The Morgan fingerprint density at radius 1 is 0.536 bits per heavy atom. The molecule has 154 valence electrons. The molecule has 0 atom stereocenters. The fraction of sp³-hybridized carbons (Fsp3) is 0.250. The summed E-state index contributed by atoms with van der Waals surface area (Å²) >= 11 is 0. The van der Waals surface area contributed by atoms with E-state index in [1.54, 1.807) is 6.92 Å². The third kappa shape index (κ3) is 3.69. The minimum absolute atomic E-state index is 0.212. The monoisotopic (exact) mass is 437 g/mol. The number of halogens is 10. The average Bonchev–Trinajstić information content (AvgIpc) is 2.67. The van der Waals surface area contributed by atoms with Gasteiger partial charge in [0.1, 0.15) is 0 Å². The third-order valence-electron chi connectivity index (χ3n) is 3.62. The minimum Gasteiger partial charge on any atom is -0.288 e. The summed E-state index contributed by atoms with van der Waals surface area (Å²) in [5.41, 5.74) is 0. The van der Waals surface area contributed by atoms with Gasteiger partial charge in [-0.1, -0.05) is 13.3 Å². The van der Waals surface area contributed by atoms with Crippen LogP contribution >= 0.6 is 8.07 Å². The van der Waals surface area contributed by atoms with Gasteiger partial charge in [-0.2, -0.15) is 0 Å². The summed E-state index contributed by atoms with van der Waals surface area (Å²) < 4.78 is 137. The van der Waals surface area contributed by atoms with E-state index in [4.69, 9.17) is 0 Å². The Labute approximate surface area is 153 Å². The Morgan fingerprint density at radius 2 is 0.821 bits per heavy atom. The second-order valence-electron chi connectivity index (χ2n) is 5.43. The maximum atomic E-state index is 14.1. The summed E-state index contributed by atoms with van der Waals surface area (Å²) in [4.78, 5) is 0. The number of nitrogens with one attached hydrogen (secondary N) is 1. The zero-order valence-corrected chi connectivity index (χ0v) is 14.7. The molecule has 0 aromatic heterocycles. The first-order chi connectivity index (χ1) is 13.1. The van der Waals surface area contributed by atoms with Crippen LogP contribution in [-0.2, 0) is 0 Å². The molecule has 12 heteroatoms. The highest BCUT2D eigenvalue weighted by Crippen LogP contribution is 2.37. The van der Waals surface area contributed by atoms with Gasteiger partial charge in [-0.3, -0.25) is 5.09 Å². The molecule has 0 saturated heterocycles. The van der Waals surface area contributed by atoms with Crippen LogP contribution < -0.4 is 15.7 Å². The smallest absolute Gasteiger partial charge is 0.200 e. The van der Waals surface area contributed by atoms with Crippen molar-refractivity contribution in [3.8, 4) is 0 Å². The Morgan fingerprint density at radius 3 is 1.11 bits per heavy atom. The topological polar surface area (TPSA) is 12.0 Å². The maximum Gasteiger partial charge on any atom is 0.200 e. The van der Waals surface area contributed by atoms with Crippen LogP contribution in [0.25, 0.3) is 0 Å². The van der Waals surface area contributed by atoms with Crippen molar-refractivity contribution >= 4 is 18.7 Å². The van der Waals surface area contributed by atoms with Crippen molar-refractivity contribution in [3.63, 3.8) is 0 Å². The fourth-order valence-corrected chi connectivity index (χ4v) is 4.32. The fourth-order valence-electron chi connectivity index (χ4n) is 2.22. The van der Waals surface area contributed by atoms with Gasteiger partial charge in [0.15, 0.2) is 46.5 Å². The molecule has 0 bridgehead atoms. The molecule has 1 N–H and O–H groups in total. The van der Waals surface area contributed by atoms with Gasteiger partial charge in [-0.05, 0) is 13.0 Å². The van der Waals surface area contributed by atoms with Crippen molar-refractivity contribution < 1.29 is 43.9 Å².